The molecule has 7 nitrogen and oxygen atoms in total. The number of hydrogen-bond donors (Lipinski definition) is 1. The first-order valence-corrected chi connectivity index (χ1v) is 10.6. The summed E-state index contributed by atoms with van der Waals surface area (Å²) in [5.74, 6) is 0.113. The molecule has 0 unspecified atom stereocenters. The number of esters is 1. The molecule has 0 aliphatic heterocycles. The van der Waals surface area contributed by atoms with Crippen molar-refractivity contribution in [3.63, 3.8) is 0 Å². The summed E-state index contributed by atoms with van der Waals surface area (Å²) in [6.07, 6.45) is 0. The van der Waals surface area contributed by atoms with Gasteiger partial charge in [-0.3, -0.25) is 14.9 Å². The van der Waals surface area contributed by atoms with Crippen molar-refractivity contribution in [3.05, 3.63) is 54.6 Å². The Hall–Kier alpha value is -2.91. The number of benzene rings is 2. The Kier molecular flexibility index (Phi) is 7.60. The van der Waals surface area contributed by atoms with Gasteiger partial charge in [0.15, 0.2) is 10.9 Å². The average molecular weight is 430 g/mol. The number of anilines is 1. The van der Waals surface area contributed by atoms with Crippen LogP contribution in [0.15, 0.2) is 58.9 Å². The zero-order valence-corrected chi connectivity index (χ0v) is 17.3. The minimum atomic E-state index is -0.342. The van der Waals surface area contributed by atoms with Crippen molar-refractivity contribution in [2.24, 2.45) is 0 Å². The first-order valence-electron chi connectivity index (χ1n) is 8.84. The average Bonchev–Trinajstić information content (AvgIpc) is 3.19. The second kappa shape index (κ2) is 10.6. The van der Waals surface area contributed by atoms with E-state index in [1.54, 1.807) is 6.92 Å². The molecule has 2 aromatic carbocycles. The first-order chi connectivity index (χ1) is 14.2. The number of carbonyl (C=O) groups is 2. The summed E-state index contributed by atoms with van der Waals surface area (Å²) in [6, 6.07) is 17.4. The molecule has 0 radical (unpaired) electrons. The molecule has 1 heterocycles. The predicted octanol–water partition coefficient (Wildman–Crippen LogP) is 3.88. The standard InChI is InChI=1S/C20H19N3O4S2/c1-2-26-18(25)13-28-20-23-22-19(29-20)21-17(24)12-27-16-11-7-6-10-15(16)14-8-4-3-5-9-14/h3-11H,2,12-13H2,1H3,(H,21,22,24). The molecular weight excluding hydrogens is 410 g/mol. The molecule has 0 saturated heterocycles. The van der Waals surface area contributed by atoms with Gasteiger partial charge in [-0.25, -0.2) is 0 Å². The van der Waals surface area contributed by atoms with Crippen LogP contribution < -0.4 is 10.1 Å². The summed E-state index contributed by atoms with van der Waals surface area (Å²) in [7, 11) is 0. The molecule has 1 aromatic heterocycles. The Balaban J connectivity index is 1.53. The fourth-order valence-electron chi connectivity index (χ4n) is 2.39. The monoisotopic (exact) mass is 429 g/mol. The van der Waals surface area contributed by atoms with E-state index in [2.05, 4.69) is 15.5 Å². The summed E-state index contributed by atoms with van der Waals surface area (Å²) in [6.45, 7) is 1.93. The van der Waals surface area contributed by atoms with E-state index in [1.807, 2.05) is 54.6 Å². The minimum Gasteiger partial charge on any atom is -0.483 e. The van der Waals surface area contributed by atoms with E-state index in [1.165, 1.54) is 23.1 Å². The van der Waals surface area contributed by atoms with Crippen LogP contribution >= 0.6 is 23.1 Å². The van der Waals surface area contributed by atoms with Crippen LogP contribution in [-0.2, 0) is 14.3 Å². The van der Waals surface area contributed by atoms with E-state index in [0.29, 0.717) is 21.8 Å². The molecule has 0 aliphatic carbocycles. The lowest BCUT2D eigenvalue weighted by atomic mass is 10.1. The van der Waals surface area contributed by atoms with Gasteiger partial charge in [0.2, 0.25) is 5.13 Å². The van der Waals surface area contributed by atoms with Gasteiger partial charge in [-0.1, -0.05) is 71.6 Å². The Morgan fingerprint density at radius 3 is 2.62 bits per heavy atom. The molecule has 0 bridgehead atoms. The molecule has 3 rings (SSSR count). The van der Waals surface area contributed by atoms with Gasteiger partial charge in [-0.2, -0.15) is 0 Å². The molecule has 0 aliphatic rings. The van der Waals surface area contributed by atoms with Gasteiger partial charge in [0.05, 0.1) is 12.4 Å². The Morgan fingerprint density at radius 1 is 1.07 bits per heavy atom. The number of ether oxygens (including phenoxy) is 2. The molecule has 29 heavy (non-hydrogen) atoms. The van der Waals surface area contributed by atoms with Crippen LogP contribution in [-0.4, -0.2) is 41.0 Å². The molecule has 1 N–H and O–H groups in total. The Morgan fingerprint density at radius 2 is 1.83 bits per heavy atom. The highest BCUT2D eigenvalue weighted by Gasteiger charge is 2.12. The number of para-hydroxylation sites is 1. The van der Waals surface area contributed by atoms with E-state index in [4.69, 9.17) is 9.47 Å². The van der Waals surface area contributed by atoms with Crippen molar-refractivity contribution < 1.29 is 19.1 Å². The number of nitrogens with zero attached hydrogens (tertiary/aromatic N) is 2. The lowest BCUT2D eigenvalue weighted by Crippen LogP contribution is -2.20. The van der Waals surface area contributed by atoms with E-state index in [-0.39, 0.29) is 24.2 Å². The maximum atomic E-state index is 12.2. The fraction of sp³-hybridized carbons (Fsp3) is 0.200. The SMILES string of the molecule is CCOC(=O)CSc1nnc(NC(=O)COc2ccccc2-c2ccccc2)s1. The smallest absolute Gasteiger partial charge is 0.316 e. The second-order valence-electron chi connectivity index (χ2n) is 5.67. The summed E-state index contributed by atoms with van der Waals surface area (Å²) in [5.41, 5.74) is 1.92. The van der Waals surface area contributed by atoms with Crippen molar-refractivity contribution in [1.82, 2.24) is 10.2 Å². The largest absolute Gasteiger partial charge is 0.483 e. The third kappa shape index (κ3) is 6.30. The summed E-state index contributed by atoms with van der Waals surface area (Å²) < 4.78 is 11.2. The van der Waals surface area contributed by atoms with Gasteiger partial charge in [0, 0.05) is 5.56 Å². The van der Waals surface area contributed by atoms with E-state index in [0.717, 1.165) is 11.1 Å². The zero-order chi connectivity index (χ0) is 20.5. The third-order valence-corrected chi connectivity index (χ3v) is 5.55. The zero-order valence-electron chi connectivity index (χ0n) is 15.7. The molecule has 0 atom stereocenters. The molecular formula is C20H19N3O4S2. The van der Waals surface area contributed by atoms with Crippen LogP contribution in [0.1, 0.15) is 6.92 Å². The van der Waals surface area contributed by atoms with Gasteiger partial charge in [-0.15, -0.1) is 10.2 Å². The lowest BCUT2D eigenvalue weighted by molar-refractivity contribution is -0.139. The molecule has 0 saturated carbocycles. The number of nitrogens with one attached hydrogen (secondary N) is 1. The summed E-state index contributed by atoms with van der Waals surface area (Å²) in [5, 5.41) is 10.9. The van der Waals surface area contributed by atoms with Crippen molar-refractivity contribution >= 4 is 40.1 Å². The molecule has 9 heteroatoms. The van der Waals surface area contributed by atoms with Crippen LogP contribution in [0, 0.1) is 0 Å². The van der Waals surface area contributed by atoms with Crippen molar-refractivity contribution in [2.75, 3.05) is 24.3 Å². The van der Waals surface area contributed by atoms with Gasteiger partial charge in [0.25, 0.3) is 5.91 Å². The number of hydrogen-bond acceptors (Lipinski definition) is 8. The number of amides is 1. The quantitative estimate of drug-likeness (QED) is 0.314. The first kappa shape index (κ1) is 20.8. The van der Waals surface area contributed by atoms with E-state index < -0.39 is 0 Å². The lowest BCUT2D eigenvalue weighted by Gasteiger charge is -2.11. The van der Waals surface area contributed by atoms with Gasteiger partial charge in [-0.05, 0) is 18.6 Å². The highest BCUT2D eigenvalue weighted by molar-refractivity contribution is 8.01. The Bertz CT molecular complexity index is 963. The fourth-order valence-corrected chi connectivity index (χ4v) is 3.96. The highest BCUT2D eigenvalue weighted by Crippen LogP contribution is 2.29. The molecule has 3 aromatic rings. The maximum absolute atomic E-state index is 12.2. The predicted molar refractivity (Wildman–Crippen MR) is 113 cm³/mol. The van der Waals surface area contributed by atoms with Crippen LogP contribution in [0.4, 0.5) is 5.13 Å². The van der Waals surface area contributed by atoms with Crippen molar-refractivity contribution in [3.8, 4) is 16.9 Å². The van der Waals surface area contributed by atoms with Crippen molar-refractivity contribution in [2.45, 2.75) is 11.3 Å². The highest BCUT2D eigenvalue weighted by atomic mass is 32.2. The normalized spacial score (nSPS) is 10.4. The minimum absolute atomic E-state index is 0.149. The second-order valence-corrected chi connectivity index (χ2v) is 7.87. The van der Waals surface area contributed by atoms with Gasteiger partial charge >= 0.3 is 5.97 Å². The number of aromatic nitrogens is 2. The molecule has 0 spiro atoms. The van der Waals surface area contributed by atoms with E-state index in [9.17, 15) is 9.59 Å². The van der Waals surface area contributed by atoms with Crippen LogP contribution in [0.3, 0.4) is 0 Å². The third-order valence-electron chi connectivity index (χ3n) is 3.60. The van der Waals surface area contributed by atoms with Gasteiger partial charge in [0.1, 0.15) is 5.75 Å². The van der Waals surface area contributed by atoms with Gasteiger partial charge < -0.3 is 9.47 Å². The topological polar surface area (TPSA) is 90.4 Å². The van der Waals surface area contributed by atoms with Crippen LogP contribution in [0.2, 0.25) is 0 Å². The van der Waals surface area contributed by atoms with E-state index >= 15 is 0 Å². The van der Waals surface area contributed by atoms with Crippen LogP contribution in [0.5, 0.6) is 5.75 Å². The van der Waals surface area contributed by atoms with Crippen molar-refractivity contribution in [1.29, 1.82) is 0 Å². The number of rotatable bonds is 9. The summed E-state index contributed by atoms with van der Waals surface area (Å²) >= 11 is 2.40. The molecule has 1 amide bonds. The Labute approximate surface area is 176 Å². The maximum Gasteiger partial charge on any atom is 0.316 e. The molecule has 0 fully saturated rings. The molecule has 150 valence electrons. The number of carbonyl (C=O) groups excluding carboxylic acids is 2. The van der Waals surface area contributed by atoms with Crippen LogP contribution in [0.25, 0.3) is 11.1 Å². The number of thioether (sulfide) groups is 1. The summed E-state index contributed by atoms with van der Waals surface area (Å²) in [4.78, 5) is 23.6.